The summed E-state index contributed by atoms with van der Waals surface area (Å²) < 4.78 is 12.2. The van der Waals surface area contributed by atoms with Gasteiger partial charge in [-0.3, -0.25) is 10.1 Å². The fraction of sp³-hybridized carbons (Fsp3) is 0.222. The van der Waals surface area contributed by atoms with Gasteiger partial charge < -0.3 is 9.15 Å². The van der Waals surface area contributed by atoms with Crippen molar-refractivity contribution in [1.29, 1.82) is 0 Å². The number of thiazole rings is 1. The monoisotopic (exact) mass is 418 g/mol. The van der Waals surface area contributed by atoms with E-state index < -0.39 is 0 Å². The molecule has 5 nitrogen and oxygen atoms in total. The number of carbonyl (C=O) groups is 1. The third-order valence-corrected chi connectivity index (χ3v) is 5.43. The van der Waals surface area contributed by atoms with Gasteiger partial charge in [0.2, 0.25) is 0 Å². The molecule has 0 spiro atoms. The van der Waals surface area contributed by atoms with Crippen molar-refractivity contribution in [1.82, 2.24) is 4.98 Å². The lowest BCUT2D eigenvalue weighted by atomic mass is 10.1. The molecule has 3 aromatic rings. The summed E-state index contributed by atoms with van der Waals surface area (Å²) in [5.41, 5.74) is 2.78. The topological polar surface area (TPSA) is 64.4 Å². The predicted octanol–water partition coefficient (Wildman–Crippen LogP) is 4.82. The molecule has 0 unspecified atom stereocenters. The van der Waals surface area contributed by atoms with E-state index in [2.05, 4.69) is 38.4 Å². The number of hydrogen-bond donors (Lipinski definition) is 1. The molecule has 0 atom stereocenters. The Bertz CT molecular complexity index is 919. The maximum atomic E-state index is 12.1. The Morgan fingerprint density at radius 2 is 2.16 bits per heavy atom. The van der Waals surface area contributed by atoms with Gasteiger partial charge in [0.1, 0.15) is 18.1 Å². The molecule has 1 N–H and O–H groups in total. The van der Waals surface area contributed by atoms with Gasteiger partial charge in [-0.1, -0.05) is 17.4 Å². The zero-order chi connectivity index (χ0) is 17.2. The van der Waals surface area contributed by atoms with Gasteiger partial charge in [-0.25, -0.2) is 4.98 Å². The summed E-state index contributed by atoms with van der Waals surface area (Å²) in [6, 6.07) is 9.60. The standard InChI is InChI=1S/C18H15BrN2O3S/c19-16-9-20-18(25-16)21-17(22)15-7-6-14(24-15)10-23-13-5-4-11-2-1-3-12(11)8-13/h4-9H,1-3,10H2,(H,20,21,22). The number of rotatable bonds is 5. The second-order valence-electron chi connectivity index (χ2n) is 5.76. The van der Waals surface area contributed by atoms with Gasteiger partial charge in [-0.2, -0.15) is 0 Å². The largest absolute Gasteiger partial charge is 0.486 e. The van der Waals surface area contributed by atoms with E-state index in [0.717, 1.165) is 22.4 Å². The maximum Gasteiger partial charge on any atom is 0.293 e. The summed E-state index contributed by atoms with van der Waals surface area (Å²) in [6.45, 7) is 0.287. The number of hydrogen-bond acceptors (Lipinski definition) is 5. The first-order chi connectivity index (χ1) is 12.2. The molecule has 0 saturated heterocycles. The Labute approximate surface area is 157 Å². The van der Waals surface area contributed by atoms with Gasteiger partial charge in [0.25, 0.3) is 5.91 Å². The molecule has 1 aliphatic rings. The molecule has 25 heavy (non-hydrogen) atoms. The van der Waals surface area contributed by atoms with Crippen molar-refractivity contribution in [3.8, 4) is 5.75 Å². The Hall–Kier alpha value is -2.12. The number of benzene rings is 1. The highest BCUT2D eigenvalue weighted by molar-refractivity contribution is 9.11. The van der Waals surface area contributed by atoms with Crippen molar-refractivity contribution in [3.63, 3.8) is 0 Å². The minimum Gasteiger partial charge on any atom is -0.486 e. The summed E-state index contributed by atoms with van der Waals surface area (Å²) in [5.74, 6) is 1.34. The number of fused-ring (bicyclic) bond motifs is 1. The number of furan rings is 1. The maximum absolute atomic E-state index is 12.1. The van der Waals surface area contributed by atoms with Gasteiger partial charge in [0.15, 0.2) is 10.9 Å². The van der Waals surface area contributed by atoms with Crippen LogP contribution in [-0.4, -0.2) is 10.9 Å². The normalized spacial score (nSPS) is 12.8. The van der Waals surface area contributed by atoms with Crippen molar-refractivity contribution in [3.05, 3.63) is 63.0 Å². The van der Waals surface area contributed by atoms with Crippen LogP contribution in [0.1, 0.15) is 33.9 Å². The number of anilines is 1. The average molecular weight is 419 g/mol. The highest BCUT2D eigenvalue weighted by Crippen LogP contribution is 2.27. The number of carbonyl (C=O) groups excluding carboxylic acids is 1. The lowest BCUT2D eigenvalue weighted by Crippen LogP contribution is -2.10. The van der Waals surface area contributed by atoms with Gasteiger partial charge >= 0.3 is 0 Å². The number of amides is 1. The quantitative estimate of drug-likeness (QED) is 0.644. The van der Waals surface area contributed by atoms with E-state index in [0.29, 0.717) is 10.9 Å². The van der Waals surface area contributed by atoms with Gasteiger partial charge in [0.05, 0.1) is 9.98 Å². The molecule has 2 aromatic heterocycles. The third kappa shape index (κ3) is 3.77. The zero-order valence-electron chi connectivity index (χ0n) is 13.3. The van der Waals surface area contributed by atoms with Crippen molar-refractivity contribution >= 4 is 38.3 Å². The smallest absolute Gasteiger partial charge is 0.293 e. The van der Waals surface area contributed by atoms with E-state index in [1.807, 2.05) is 6.07 Å². The summed E-state index contributed by atoms with van der Waals surface area (Å²) in [5, 5.41) is 3.22. The van der Waals surface area contributed by atoms with Crippen LogP contribution in [-0.2, 0) is 19.4 Å². The van der Waals surface area contributed by atoms with Crippen LogP contribution in [0, 0.1) is 0 Å². The van der Waals surface area contributed by atoms with Crippen molar-refractivity contribution in [2.45, 2.75) is 25.9 Å². The number of halogens is 1. The van der Waals surface area contributed by atoms with Crippen molar-refractivity contribution in [2.24, 2.45) is 0 Å². The molecule has 0 fully saturated rings. The third-order valence-electron chi connectivity index (χ3n) is 4.03. The first kappa shape index (κ1) is 16.4. The van der Waals surface area contributed by atoms with E-state index in [1.165, 1.54) is 28.9 Å². The summed E-state index contributed by atoms with van der Waals surface area (Å²) in [6.07, 6.45) is 5.12. The van der Waals surface area contributed by atoms with Crippen LogP contribution in [0.15, 0.2) is 44.7 Å². The van der Waals surface area contributed by atoms with Crippen LogP contribution in [0.5, 0.6) is 5.75 Å². The minimum atomic E-state index is -0.328. The van der Waals surface area contributed by atoms with Crippen LogP contribution in [0.4, 0.5) is 5.13 Å². The van der Waals surface area contributed by atoms with E-state index >= 15 is 0 Å². The second kappa shape index (κ2) is 7.01. The Kier molecular flexibility index (Phi) is 4.59. The van der Waals surface area contributed by atoms with Gasteiger partial charge in [-0.05, 0) is 70.6 Å². The van der Waals surface area contributed by atoms with Crippen molar-refractivity contribution < 1.29 is 13.9 Å². The van der Waals surface area contributed by atoms with E-state index in [9.17, 15) is 4.79 Å². The first-order valence-electron chi connectivity index (χ1n) is 7.93. The lowest BCUT2D eigenvalue weighted by molar-refractivity contribution is 0.0992. The number of nitrogens with one attached hydrogen (secondary N) is 1. The molecule has 7 heteroatoms. The van der Waals surface area contributed by atoms with Crippen LogP contribution in [0.25, 0.3) is 0 Å². The fourth-order valence-corrected chi connectivity index (χ4v) is 3.94. The van der Waals surface area contributed by atoms with Gasteiger partial charge in [-0.15, -0.1) is 0 Å². The number of ether oxygens (including phenoxy) is 1. The Balaban J connectivity index is 1.37. The summed E-state index contributed by atoms with van der Waals surface area (Å²) in [7, 11) is 0. The molecule has 0 aliphatic heterocycles. The fourth-order valence-electron chi connectivity index (χ4n) is 2.84. The molecule has 0 bridgehead atoms. The number of aromatic nitrogens is 1. The highest BCUT2D eigenvalue weighted by Gasteiger charge is 2.14. The Morgan fingerprint density at radius 1 is 1.28 bits per heavy atom. The molecular weight excluding hydrogens is 404 g/mol. The van der Waals surface area contributed by atoms with E-state index in [-0.39, 0.29) is 18.3 Å². The van der Waals surface area contributed by atoms with Crippen LogP contribution >= 0.6 is 27.3 Å². The summed E-state index contributed by atoms with van der Waals surface area (Å²) in [4.78, 5) is 16.2. The van der Waals surface area contributed by atoms with Gasteiger partial charge in [0, 0.05) is 0 Å². The molecule has 1 aliphatic carbocycles. The first-order valence-corrected chi connectivity index (χ1v) is 9.54. The van der Waals surface area contributed by atoms with E-state index in [4.69, 9.17) is 9.15 Å². The molecule has 0 saturated carbocycles. The van der Waals surface area contributed by atoms with Crippen LogP contribution in [0.3, 0.4) is 0 Å². The minimum absolute atomic E-state index is 0.235. The average Bonchev–Trinajstić information content (AvgIpc) is 3.33. The SMILES string of the molecule is O=C(Nc1ncc(Br)s1)c1ccc(COc2ccc3c(c2)CCC3)o1. The number of aryl methyl sites for hydroxylation is 2. The van der Waals surface area contributed by atoms with Crippen LogP contribution < -0.4 is 10.1 Å². The molecular formula is C18H15BrN2O3S. The zero-order valence-corrected chi connectivity index (χ0v) is 15.7. The second-order valence-corrected chi connectivity index (χ2v) is 8.17. The molecule has 0 radical (unpaired) electrons. The molecule has 1 amide bonds. The Morgan fingerprint density at radius 3 is 3.00 bits per heavy atom. The van der Waals surface area contributed by atoms with E-state index in [1.54, 1.807) is 18.3 Å². The van der Waals surface area contributed by atoms with Crippen molar-refractivity contribution in [2.75, 3.05) is 5.32 Å². The molecule has 2 heterocycles. The lowest BCUT2D eigenvalue weighted by Gasteiger charge is -2.06. The molecule has 4 rings (SSSR count). The molecule has 128 valence electrons. The molecule has 1 aromatic carbocycles. The van der Waals surface area contributed by atoms with Crippen LogP contribution in [0.2, 0.25) is 0 Å². The summed E-state index contributed by atoms with van der Waals surface area (Å²) >= 11 is 4.65. The highest BCUT2D eigenvalue weighted by atomic mass is 79.9. The number of nitrogens with zero attached hydrogens (tertiary/aromatic N) is 1. The predicted molar refractivity (Wildman–Crippen MR) is 99.3 cm³/mol.